The van der Waals surface area contributed by atoms with Gasteiger partial charge >= 0.3 is 0 Å². The smallest absolute Gasteiger partial charge is 0.266 e. The Morgan fingerprint density at radius 1 is 1.04 bits per heavy atom. The van der Waals surface area contributed by atoms with Crippen LogP contribution in [0.3, 0.4) is 0 Å². The minimum absolute atomic E-state index is 0.189. The zero-order chi connectivity index (χ0) is 17.2. The van der Waals surface area contributed by atoms with Gasteiger partial charge in [0.1, 0.15) is 11.5 Å². The van der Waals surface area contributed by atoms with Gasteiger partial charge in [-0.25, -0.2) is 14.9 Å². The molecule has 3 aromatic rings. The third kappa shape index (κ3) is 3.01. The highest BCUT2D eigenvalue weighted by Crippen LogP contribution is 2.29. The number of hydrogen-bond acceptors (Lipinski definition) is 5. The topological polar surface area (TPSA) is 45.6 Å². The van der Waals surface area contributed by atoms with Crippen molar-refractivity contribution < 1.29 is 4.79 Å². The summed E-state index contributed by atoms with van der Waals surface area (Å²) in [5, 5.41) is 2.45. The van der Waals surface area contributed by atoms with Crippen LogP contribution in [-0.2, 0) is 4.79 Å². The predicted molar refractivity (Wildman–Crippen MR) is 104 cm³/mol. The van der Waals surface area contributed by atoms with Gasteiger partial charge in [-0.1, -0.05) is 48.5 Å². The van der Waals surface area contributed by atoms with Crippen molar-refractivity contribution in [1.82, 2.24) is 4.98 Å². The number of anilines is 1. The summed E-state index contributed by atoms with van der Waals surface area (Å²) in [6.45, 7) is 0. The lowest BCUT2D eigenvalue weighted by atomic mass is 10.2. The Morgan fingerprint density at radius 2 is 1.80 bits per heavy atom. The predicted octanol–water partition coefficient (Wildman–Crippen LogP) is 4.27. The number of benzene rings is 2. The van der Waals surface area contributed by atoms with E-state index >= 15 is 0 Å². The number of hydrogen-bond donors (Lipinski definition) is 1. The molecule has 4 rings (SSSR count). The van der Waals surface area contributed by atoms with Crippen molar-refractivity contribution in [2.75, 3.05) is 4.90 Å². The lowest BCUT2D eigenvalue weighted by Crippen LogP contribution is -2.32. The van der Waals surface area contributed by atoms with Crippen LogP contribution < -0.4 is 4.90 Å². The van der Waals surface area contributed by atoms with E-state index in [1.165, 1.54) is 11.3 Å². The number of thiazole rings is 1. The number of rotatable bonds is 3. The van der Waals surface area contributed by atoms with Gasteiger partial charge in [-0.2, -0.15) is 0 Å². The summed E-state index contributed by atoms with van der Waals surface area (Å²) in [6.07, 6.45) is 3.45. The Kier molecular flexibility index (Phi) is 4.21. The molecular weight excluding hydrogens is 350 g/mol. The molecule has 1 aliphatic heterocycles. The molecule has 6 heteroatoms. The summed E-state index contributed by atoms with van der Waals surface area (Å²) in [6, 6.07) is 17.3. The van der Waals surface area contributed by atoms with Crippen molar-refractivity contribution in [2.24, 2.45) is 4.99 Å². The second-order valence-electron chi connectivity index (χ2n) is 5.35. The molecule has 2 heterocycles. The van der Waals surface area contributed by atoms with Crippen LogP contribution in [0.1, 0.15) is 11.1 Å². The quantitative estimate of drug-likeness (QED) is 0.558. The van der Waals surface area contributed by atoms with Crippen molar-refractivity contribution in [3.63, 3.8) is 0 Å². The Labute approximate surface area is 154 Å². The fourth-order valence-electron chi connectivity index (χ4n) is 2.56. The molecule has 0 aliphatic carbocycles. The highest BCUT2D eigenvalue weighted by Gasteiger charge is 2.33. The number of amidine groups is 1. The van der Waals surface area contributed by atoms with Crippen LogP contribution in [0.4, 0.5) is 5.13 Å². The maximum absolute atomic E-state index is 13.0. The minimum atomic E-state index is -0.189. The number of thiol groups is 1. The Hall–Kier alpha value is -2.70. The molecule has 0 atom stereocenters. The number of amides is 1. The normalized spacial score (nSPS) is 15.7. The Morgan fingerprint density at radius 3 is 2.52 bits per heavy atom. The van der Waals surface area contributed by atoms with Gasteiger partial charge in [-0.15, -0.1) is 24.0 Å². The van der Waals surface area contributed by atoms with Crippen LogP contribution in [0.2, 0.25) is 0 Å². The SMILES string of the molecule is O=C1/C(=C/c2ccccc2S)N=C(c2ccccc2)N1c1nccs1. The highest BCUT2D eigenvalue weighted by molar-refractivity contribution is 7.80. The van der Waals surface area contributed by atoms with E-state index in [9.17, 15) is 4.79 Å². The van der Waals surface area contributed by atoms with E-state index in [-0.39, 0.29) is 5.91 Å². The fraction of sp³-hybridized carbons (Fsp3) is 0. The average Bonchev–Trinajstić information content (AvgIpc) is 3.26. The molecule has 122 valence electrons. The van der Waals surface area contributed by atoms with Gasteiger partial charge in [0.15, 0.2) is 5.13 Å². The standard InChI is InChI=1S/C19H13N3OS2/c23-18-15(12-14-8-4-5-9-16(14)24)21-17(13-6-2-1-3-7-13)22(18)19-20-10-11-25-19/h1-12,24H/b15-12-. The molecule has 0 fully saturated rings. The second kappa shape index (κ2) is 6.66. The van der Waals surface area contributed by atoms with E-state index in [4.69, 9.17) is 0 Å². The van der Waals surface area contributed by atoms with E-state index in [1.807, 2.05) is 60.0 Å². The first-order valence-electron chi connectivity index (χ1n) is 7.62. The zero-order valence-corrected chi connectivity index (χ0v) is 14.7. The van der Waals surface area contributed by atoms with E-state index in [0.717, 1.165) is 16.0 Å². The number of nitrogens with zero attached hydrogens (tertiary/aromatic N) is 3. The fourth-order valence-corrected chi connectivity index (χ4v) is 3.42. The summed E-state index contributed by atoms with van der Waals surface area (Å²) in [7, 11) is 0. The maximum atomic E-state index is 13.0. The summed E-state index contributed by atoms with van der Waals surface area (Å²) < 4.78 is 0. The third-order valence-electron chi connectivity index (χ3n) is 3.73. The lowest BCUT2D eigenvalue weighted by molar-refractivity contribution is -0.113. The minimum Gasteiger partial charge on any atom is -0.266 e. The van der Waals surface area contributed by atoms with Crippen LogP contribution in [-0.4, -0.2) is 16.7 Å². The van der Waals surface area contributed by atoms with Crippen LogP contribution >= 0.6 is 24.0 Å². The first-order valence-corrected chi connectivity index (χ1v) is 8.94. The zero-order valence-electron chi connectivity index (χ0n) is 13.0. The summed E-state index contributed by atoms with van der Waals surface area (Å²) in [5.74, 6) is 0.397. The number of aromatic nitrogens is 1. The van der Waals surface area contributed by atoms with Crippen molar-refractivity contribution in [3.8, 4) is 0 Å². The molecule has 0 N–H and O–H groups in total. The number of aliphatic imine (C=N–C) groups is 1. The van der Waals surface area contributed by atoms with Crippen LogP contribution in [0.15, 0.2) is 81.8 Å². The first kappa shape index (κ1) is 15.8. The summed E-state index contributed by atoms with van der Waals surface area (Å²) in [4.78, 5) is 24.2. The molecule has 2 aromatic carbocycles. The average molecular weight is 363 g/mol. The number of carbonyl (C=O) groups excluding carboxylic acids is 1. The molecule has 0 spiro atoms. The largest absolute Gasteiger partial charge is 0.284 e. The molecule has 0 unspecified atom stereocenters. The van der Waals surface area contributed by atoms with Gasteiger partial charge in [0.2, 0.25) is 0 Å². The van der Waals surface area contributed by atoms with Crippen LogP contribution in [0.5, 0.6) is 0 Å². The van der Waals surface area contributed by atoms with E-state index in [1.54, 1.807) is 17.2 Å². The van der Waals surface area contributed by atoms with Gasteiger partial charge in [-0.05, 0) is 17.7 Å². The summed E-state index contributed by atoms with van der Waals surface area (Å²) in [5.41, 5.74) is 2.09. The van der Waals surface area contributed by atoms with Gasteiger partial charge < -0.3 is 0 Å². The molecule has 0 radical (unpaired) electrons. The van der Waals surface area contributed by atoms with Crippen LogP contribution in [0.25, 0.3) is 6.08 Å². The Balaban J connectivity index is 1.83. The Bertz CT molecular complexity index is 979. The van der Waals surface area contributed by atoms with Crippen molar-refractivity contribution >= 4 is 46.9 Å². The molecule has 4 nitrogen and oxygen atoms in total. The van der Waals surface area contributed by atoms with Crippen molar-refractivity contribution in [2.45, 2.75) is 4.90 Å². The van der Waals surface area contributed by atoms with Gasteiger partial charge in [-0.3, -0.25) is 4.79 Å². The molecule has 1 amide bonds. The first-order chi connectivity index (χ1) is 12.2. The molecule has 0 saturated carbocycles. The van der Waals surface area contributed by atoms with E-state index in [0.29, 0.717) is 16.7 Å². The summed E-state index contributed by atoms with van der Waals surface area (Å²) >= 11 is 5.85. The molecule has 0 saturated heterocycles. The maximum Gasteiger partial charge on any atom is 0.284 e. The van der Waals surface area contributed by atoms with Crippen LogP contribution in [0, 0.1) is 0 Å². The lowest BCUT2D eigenvalue weighted by Gasteiger charge is -2.14. The second-order valence-corrected chi connectivity index (χ2v) is 6.70. The number of carbonyl (C=O) groups is 1. The molecule has 0 bridgehead atoms. The van der Waals surface area contributed by atoms with Crippen molar-refractivity contribution in [1.29, 1.82) is 0 Å². The monoisotopic (exact) mass is 363 g/mol. The molecule has 1 aliphatic rings. The van der Waals surface area contributed by atoms with E-state index < -0.39 is 0 Å². The van der Waals surface area contributed by atoms with E-state index in [2.05, 4.69) is 22.6 Å². The van der Waals surface area contributed by atoms with Gasteiger partial charge in [0.25, 0.3) is 5.91 Å². The molecule has 1 aromatic heterocycles. The van der Waals surface area contributed by atoms with Gasteiger partial charge in [0.05, 0.1) is 0 Å². The highest BCUT2D eigenvalue weighted by atomic mass is 32.1. The molecular formula is C19H13N3OS2. The third-order valence-corrected chi connectivity index (χ3v) is 4.90. The van der Waals surface area contributed by atoms with Crippen molar-refractivity contribution in [3.05, 3.63) is 83.0 Å². The van der Waals surface area contributed by atoms with Gasteiger partial charge in [0, 0.05) is 22.0 Å². The molecule has 25 heavy (non-hydrogen) atoms.